The number of hydrogen-bond acceptors (Lipinski definition) is 5. The second-order valence-electron chi connectivity index (χ2n) is 6.27. The molecule has 0 aromatic carbocycles. The molecule has 0 radical (unpaired) electrons. The summed E-state index contributed by atoms with van der Waals surface area (Å²) >= 11 is 1.52. The van der Waals surface area contributed by atoms with Gasteiger partial charge in [0, 0.05) is 49.0 Å². The zero-order valence-corrected chi connectivity index (χ0v) is 14.9. The van der Waals surface area contributed by atoms with Crippen LogP contribution in [0.2, 0.25) is 0 Å². The predicted octanol–water partition coefficient (Wildman–Crippen LogP) is 2.43. The zero-order chi connectivity index (χ0) is 17.5. The highest BCUT2D eigenvalue weighted by Gasteiger charge is 2.20. The number of aliphatic hydroxyl groups is 1. The molecule has 1 aliphatic rings. The number of thiophene rings is 1. The minimum absolute atomic E-state index is 0.0359. The number of aromatic nitrogens is 1. The van der Waals surface area contributed by atoms with Crippen molar-refractivity contribution in [3.8, 4) is 0 Å². The van der Waals surface area contributed by atoms with E-state index in [2.05, 4.69) is 21.3 Å². The summed E-state index contributed by atoms with van der Waals surface area (Å²) in [7, 11) is 0. The molecule has 0 atom stereocenters. The van der Waals surface area contributed by atoms with Crippen LogP contribution in [0.1, 0.15) is 28.8 Å². The summed E-state index contributed by atoms with van der Waals surface area (Å²) < 4.78 is 0. The van der Waals surface area contributed by atoms with Crippen LogP contribution in [0.4, 0.5) is 0 Å². The van der Waals surface area contributed by atoms with Gasteiger partial charge in [0.1, 0.15) is 0 Å². The molecular formula is C19H23N3O2S. The van der Waals surface area contributed by atoms with Gasteiger partial charge in [-0.1, -0.05) is 6.07 Å². The number of carbonyl (C=O) groups is 1. The van der Waals surface area contributed by atoms with Crippen LogP contribution in [-0.2, 0) is 17.9 Å². The van der Waals surface area contributed by atoms with Crippen LogP contribution >= 0.6 is 11.3 Å². The fourth-order valence-electron chi connectivity index (χ4n) is 2.96. The first-order chi connectivity index (χ1) is 12.2. The summed E-state index contributed by atoms with van der Waals surface area (Å²) in [5, 5.41) is 14.0. The standard InChI is InChI=1S/C19H23N3O2S/c23-13-16-10-18(25-14-16)3-4-19(24)21-17-5-8-22(9-6-17)12-15-2-1-7-20-11-15/h1-4,7,10-11,14,17,23H,5-6,8-9,12-13H2,(H,21,24)/b4-3+. The van der Waals surface area contributed by atoms with Crippen molar-refractivity contribution < 1.29 is 9.90 Å². The molecule has 1 amide bonds. The monoisotopic (exact) mass is 357 g/mol. The number of aliphatic hydroxyl groups excluding tert-OH is 1. The second-order valence-corrected chi connectivity index (χ2v) is 7.21. The van der Waals surface area contributed by atoms with Crippen molar-refractivity contribution in [2.24, 2.45) is 0 Å². The molecule has 1 saturated heterocycles. The van der Waals surface area contributed by atoms with Crippen LogP contribution in [0, 0.1) is 0 Å². The molecule has 0 bridgehead atoms. The van der Waals surface area contributed by atoms with Crippen molar-refractivity contribution in [2.75, 3.05) is 13.1 Å². The van der Waals surface area contributed by atoms with Gasteiger partial charge in [0.05, 0.1) is 6.61 Å². The number of rotatable bonds is 6. The minimum Gasteiger partial charge on any atom is -0.392 e. The number of amides is 1. The lowest BCUT2D eigenvalue weighted by Gasteiger charge is -2.32. The highest BCUT2D eigenvalue weighted by Crippen LogP contribution is 2.16. The molecule has 2 aromatic rings. The molecule has 2 aromatic heterocycles. The summed E-state index contributed by atoms with van der Waals surface area (Å²) in [4.78, 5) is 19.6. The Kier molecular flexibility index (Phi) is 6.33. The van der Waals surface area contributed by atoms with Crippen molar-refractivity contribution >= 4 is 23.3 Å². The first kappa shape index (κ1) is 17.8. The molecular weight excluding hydrogens is 334 g/mol. The van der Waals surface area contributed by atoms with E-state index in [1.54, 1.807) is 18.3 Å². The fourth-order valence-corrected chi connectivity index (χ4v) is 3.75. The van der Waals surface area contributed by atoms with Gasteiger partial charge in [0.25, 0.3) is 0 Å². The van der Waals surface area contributed by atoms with Crippen molar-refractivity contribution in [1.29, 1.82) is 0 Å². The predicted molar refractivity (Wildman–Crippen MR) is 100.0 cm³/mol. The topological polar surface area (TPSA) is 65.5 Å². The van der Waals surface area contributed by atoms with Gasteiger partial charge in [-0.15, -0.1) is 11.3 Å². The first-order valence-corrected chi connectivity index (χ1v) is 9.39. The van der Waals surface area contributed by atoms with Crippen molar-refractivity contribution in [3.05, 3.63) is 58.1 Å². The number of piperidine rings is 1. The van der Waals surface area contributed by atoms with Crippen LogP contribution in [0.15, 0.2) is 42.0 Å². The van der Waals surface area contributed by atoms with Gasteiger partial charge < -0.3 is 10.4 Å². The van der Waals surface area contributed by atoms with Gasteiger partial charge in [-0.05, 0) is 47.6 Å². The molecule has 0 aliphatic carbocycles. The Balaban J connectivity index is 1.41. The van der Waals surface area contributed by atoms with E-state index in [-0.39, 0.29) is 18.6 Å². The highest BCUT2D eigenvalue weighted by molar-refractivity contribution is 7.11. The first-order valence-electron chi connectivity index (χ1n) is 8.51. The summed E-state index contributed by atoms with van der Waals surface area (Å²) in [6.45, 7) is 2.91. The molecule has 1 aliphatic heterocycles. The van der Waals surface area contributed by atoms with E-state index in [4.69, 9.17) is 5.11 Å². The SMILES string of the molecule is O=C(/C=C/c1cc(CO)cs1)NC1CCN(Cc2cccnc2)CC1. The number of nitrogens with one attached hydrogen (secondary N) is 1. The van der Waals surface area contributed by atoms with Crippen LogP contribution < -0.4 is 5.32 Å². The molecule has 6 heteroatoms. The molecule has 1 fully saturated rings. The van der Waals surface area contributed by atoms with Crippen LogP contribution in [0.3, 0.4) is 0 Å². The lowest BCUT2D eigenvalue weighted by molar-refractivity contribution is -0.117. The molecule has 3 heterocycles. The number of nitrogens with zero attached hydrogens (tertiary/aromatic N) is 2. The maximum absolute atomic E-state index is 12.1. The van der Waals surface area contributed by atoms with E-state index in [0.29, 0.717) is 0 Å². The normalized spacial score (nSPS) is 16.4. The average Bonchev–Trinajstić information content (AvgIpc) is 3.11. The Morgan fingerprint density at radius 1 is 1.40 bits per heavy atom. The van der Waals surface area contributed by atoms with Gasteiger partial charge in [-0.2, -0.15) is 0 Å². The third-order valence-corrected chi connectivity index (χ3v) is 5.27. The molecule has 0 saturated carbocycles. The fraction of sp³-hybridized carbons (Fsp3) is 0.368. The Morgan fingerprint density at radius 2 is 2.24 bits per heavy atom. The number of carbonyl (C=O) groups excluding carboxylic acids is 1. The van der Waals surface area contributed by atoms with Crippen molar-refractivity contribution in [2.45, 2.75) is 32.0 Å². The van der Waals surface area contributed by atoms with Crippen LogP contribution in [-0.4, -0.2) is 40.0 Å². The largest absolute Gasteiger partial charge is 0.392 e. The average molecular weight is 357 g/mol. The molecule has 132 valence electrons. The van der Waals surface area contributed by atoms with Crippen molar-refractivity contribution in [1.82, 2.24) is 15.2 Å². The van der Waals surface area contributed by atoms with Gasteiger partial charge in [-0.3, -0.25) is 14.7 Å². The summed E-state index contributed by atoms with van der Waals surface area (Å²) in [5.41, 5.74) is 2.11. The van der Waals surface area contributed by atoms with E-state index in [0.717, 1.165) is 42.9 Å². The lowest BCUT2D eigenvalue weighted by atomic mass is 10.0. The van der Waals surface area contributed by atoms with E-state index >= 15 is 0 Å². The third-order valence-electron chi connectivity index (χ3n) is 4.32. The Morgan fingerprint density at radius 3 is 2.92 bits per heavy atom. The second kappa shape index (κ2) is 8.89. The van der Waals surface area contributed by atoms with Crippen molar-refractivity contribution in [3.63, 3.8) is 0 Å². The number of pyridine rings is 1. The van der Waals surface area contributed by atoms with E-state index in [1.807, 2.05) is 23.7 Å². The molecule has 0 spiro atoms. The van der Waals surface area contributed by atoms with Gasteiger partial charge in [0.15, 0.2) is 0 Å². The van der Waals surface area contributed by atoms with E-state index < -0.39 is 0 Å². The number of hydrogen-bond donors (Lipinski definition) is 2. The minimum atomic E-state index is -0.0512. The smallest absolute Gasteiger partial charge is 0.244 e. The Bertz CT molecular complexity index is 706. The summed E-state index contributed by atoms with van der Waals surface area (Å²) in [5.74, 6) is -0.0512. The maximum atomic E-state index is 12.1. The summed E-state index contributed by atoms with van der Waals surface area (Å²) in [6.07, 6.45) is 9.01. The highest BCUT2D eigenvalue weighted by atomic mass is 32.1. The zero-order valence-electron chi connectivity index (χ0n) is 14.1. The van der Waals surface area contributed by atoms with Gasteiger partial charge >= 0.3 is 0 Å². The van der Waals surface area contributed by atoms with Gasteiger partial charge in [0.2, 0.25) is 5.91 Å². The quantitative estimate of drug-likeness (QED) is 0.780. The molecule has 3 rings (SSSR count). The number of likely N-dealkylation sites (tertiary alicyclic amines) is 1. The molecule has 5 nitrogen and oxygen atoms in total. The molecule has 25 heavy (non-hydrogen) atoms. The lowest BCUT2D eigenvalue weighted by Crippen LogP contribution is -2.43. The third kappa shape index (κ3) is 5.49. The molecule has 0 unspecified atom stereocenters. The Labute approximate surface area is 152 Å². The summed E-state index contributed by atoms with van der Waals surface area (Å²) in [6, 6.07) is 6.19. The Hall–Kier alpha value is -2.02. The van der Waals surface area contributed by atoms with Gasteiger partial charge in [-0.25, -0.2) is 0 Å². The van der Waals surface area contributed by atoms with E-state index in [1.165, 1.54) is 16.9 Å². The van der Waals surface area contributed by atoms with Crippen LogP contribution in [0.5, 0.6) is 0 Å². The van der Waals surface area contributed by atoms with E-state index in [9.17, 15) is 4.79 Å². The molecule has 2 N–H and O–H groups in total. The van der Waals surface area contributed by atoms with Crippen LogP contribution in [0.25, 0.3) is 6.08 Å². The maximum Gasteiger partial charge on any atom is 0.244 e.